The van der Waals surface area contributed by atoms with Gasteiger partial charge >= 0.3 is 0 Å². The molecule has 0 bridgehead atoms. The first kappa shape index (κ1) is 20.0. The van der Waals surface area contributed by atoms with Crippen LogP contribution in [0.15, 0.2) is 0 Å². The van der Waals surface area contributed by atoms with Crippen molar-refractivity contribution < 1.29 is 4.79 Å². The summed E-state index contributed by atoms with van der Waals surface area (Å²) in [4.78, 5) is 14.5. The highest BCUT2D eigenvalue weighted by molar-refractivity contribution is 5.86. The second-order valence-electron chi connectivity index (χ2n) is 6.17. The van der Waals surface area contributed by atoms with Gasteiger partial charge in [-0.05, 0) is 51.7 Å². The van der Waals surface area contributed by atoms with Crippen LogP contribution in [0.2, 0.25) is 0 Å². The standard InChI is InChI=1S/C14H27N3O.2ClH/c1-17-9-5-12(6-10-17)11-16-13(18)14(15)7-3-2-4-8-14;;/h12H,2-11,15H2,1H3,(H,16,18);2*1H. The van der Waals surface area contributed by atoms with E-state index in [1.807, 2.05) is 0 Å². The Bertz CT molecular complexity index is 288. The maximum atomic E-state index is 12.2. The molecule has 1 heterocycles. The van der Waals surface area contributed by atoms with Gasteiger partial charge in [0.25, 0.3) is 0 Å². The van der Waals surface area contributed by atoms with Gasteiger partial charge in [-0.1, -0.05) is 19.3 Å². The summed E-state index contributed by atoms with van der Waals surface area (Å²) in [5.41, 5.74) is 5.64. The number of amides is 1. The monoisotopic (exact) mass is 325 g/mol. The molecule has 4 nitrogen and oxygen atoms in total. The Morgan fingerprint density at radius 1 is 1.20 bits per heavy atom. The molecule has 0 aromatic carbocycles. The largest absolute Gasteiger partial charge is 0.354 e. The average molecular weight is 326 g/mol. The summed E-state index contributed by atoms with van der Waals surface area (Å²) in [6, 6.07) is 0. The number of nitrogens with zero attached hydrogens (tertiary/aromatic N) is 1. The van der Waals surface area contributed by atoms with Gasteiger partial charge in [0.05, 0.1) is 5.54 Å². The molecule has 0 aromatic heterocycles. The highest BCUT2D eigenvalue weighted by Gasteiger charge is 2.35. The lowest BCUT2D eigenvalue weighted by atomic mass is 9.81. The van der Waals surface area contributed by atoms with Crippen molar-refractivity contribution in [2.24, 2.45) is 11.7 Å². The van der Waals surface area contributed by atoms with E-state index in [0.29, 0.717) is 5.92 Å². The van der Waals surface area contributed by atoms with Crippen LogP contribution in [0.4, 0.5) is 0 Å². The van der Waals surface area contributed by atoms with Gasteiger partial charge in [-0.2, -0.15) is 0 Å². The topological polar surface area (TPSA) is 58.4 Å². The van der Waals surface area contributed by atoms with Crippen LogP contribution in [-0.2, 0) is 4.79 Å². The smallest absolute Gasteiger partial charge is 0.240 e. The van der Waals surface area contributed by atoms with Gasteiger partial charge in [0.2, 0.25) is 5.91 Å². The van der Waals surface area contributed by atoms with E-state index >= 15 is 0 Å². The Labute approximate surface area is 135 Å². The number of carbonyl (C=O) groups excluding carboxylic acids is 1. The summed E-state index contributed by atoms with van der Waals surface area (Å²) in [7, 11) is 2.16. The lowest BCUT2D eigenvalue weighted by molar-refractivity contribution is -0.127. The number of likely N-dealkylation sites (tertiary alicyclic amines) is 1. The van der Waals surface area contributed by atoms with Crippen molar-refractivity contribution >= 4 is 30.7 Å². The van der Waals surface area contributed by atoms with Crippen molar-refractivity contribution in [1.29, 1.82) is 0 Å². The Morgan fingerprint density at radius 3 is 2.30 bits per heavy atom. The predicted molar refractivity (Wildman–Crippen MR) is 87.7 cm³/mol. The average Bonchev–Trinajstić information content (AvgIpc) is 2.38. The van der Waals surface area contributed by atoms with E-state index in [4.69, 9.17) is 5.73 Å². The van der Waals surface area contributed by atoms with Crippen LogP contribution in [0.3, 0.4) is 0 Å². The molecule has 2 rings (SSSR count). The van der Waals surface area contributed by atoms with Gasteiger partial charge in [-0.3, -0.25) is 4.79 Å². The van der Waals surface area contributed by atoms with Crippen LogP contribution in [0, 0.1) is 5.92 Å². The van der Waals surface area contributed by atoms with Gasteiger partial charge in [0.15, 0.2) is 0 Å². The zero-order valence-corrected chi connectivity index (χ0v) is 14.0. The summed E-state index contributed by atoms with van der Waals surface area (Å²) in [5.74, 6) is 0.721. The second kappa shape index (κ2) is 9.08. The molecular formula is C14H29Cl2N3O. The van der Waals surface area contributed by atoms with Crippen molar-refractivity contribution in [2.45, 2.75) is 50.5 Å². The van der Waals surface area contributed by atoms with E-state index < -0.39 is 5.54 Å². The molecule has 0 atom stereocenters. The van der Waals surface area contributed by atoms with Crippen LogP contribution in [-0.4, -0.2) is 43.0 Å². The molecule has 2 aliphatic rings. The highest BCUT2D eigenvalue weighted by atomic mass is 35.5. The summed E-state index contributed by atoms with van der Waals surface area (Å²) in [6.07, 6.45) is 7.50. The first-order valence-corrected chi connectivity index (χ1v) is 7.36. The SMILES string of the molecule is CN1CCC(CNC(=O)C2(N)CCCCC2)CC1.Cl.Cl. The Kier molecular flexibility index (Phi) is 9.07. The highest BCUT2D eigenvalue weighted by Crippen LogP contribution is 2.26. The zero-order chi connectivity index (χ0) is 13.0. The van der Waals surface area contributed by atoms with Crippen LogP contribution in [0.5, 0.6) is 0 Å². The number of hydrogen-bond acceptors (Lipinski definition) is 3. The fraction of sp³-hybridized carbons (Fsp3) is 0.929. The zero-order valence-electron chi connectivity index (χ0n) is 12.4. The number of rotatable bonds is 3. The molecular weight excluding hydrogens is 297 g/mol. The normalized spacial score (nSPS) is 23.3. The number of piperidine rings is 1. The fourth-order valence-electron chi connectivity index (χ4n) is 3.09. The third-order valence-corrected chi connectivity index (χ3v) is 4.59. The Balaban J connectivity index is 0.00000180. The summed E-state index contributed by atoms with van der Waals surface area (Å²) < 4.78 is 0. The quantitative estimate of drug-likeness (QED) is 0.833. The molecule has 1 saturated heterocycles. The van der Waals surface area contributed by atoms with Crippen LogP contribution in [0.25, 0.3) is 0 Å². The van der Waals surface area contributed by atoms with Crippen molar-refractivity contribution in [3.8, 4) is 0 Å². The minimum Gasteiger partial charge on any atom is -0.354 e. The minimum absolute atomic E-state index is 0. The number of nitrogens with one attached hydrogen (secondary N) is 1. The molecule has 1 aliphatic carbocycles. The number of halogens is 2. The van der Waals surface area contributed by atoms with E-state index in [-0.39, 0.29) is 30.7 Å². The van der Waals surface area contributed by atoms with Crippen molar-refractivity contribution in [2.75, 3.05) is 26.7 Å². The van der Waals surface area contributed by atoms with Gasteiger partial charge in [-0.25, -0.2) is 0 Å². The van der Waals surface area contributed by atoms with Gasteiger partial charge in [0.1, 0.15) is 0 Å². The molecule has 0 spiro atoms. The second-order valence-corrected chi connectivity index (χ2v) is 6.17. The first-order chi connectivity index (χ1) is 8.60. The number of nitrogens with two attached hydrogens (primary N) is 1. The molecule has 20 heavy (non-hydrogen) atoms. The molecule has 1 amide bonds. The number of hydrogen-bond donors (Lipinski definition) is 2. The first-order valence-electron chi connectivity index (χ1n) is 7.36. The molecule has 3 N–H and O–H groups in total. The van der Waals surface area contributed by atoms with Crippen molar-refractivity contribution in [1.82, 2.24) is 10.2 Å². The maximum Gasteiger partial charge on any atom is 0.240 e. The van der Waals surface area contributed by atoms with Crippen LogP contribution < -0.4 is 11.1 Å². The Hall–Kier alpha value is -0.0300. The lowest BCUT2D eigenvalue weighted by Crippen LogP contribution is -2.55. The maximum absolute atomic E-state index is 12.2. The summed E-state index contributed by atoms with van der Waals surface area (Å²) in [6.45, 7) is 3.11. The predicted octanol–water partition coefficient (Wildman–Crippen LogP) is 1.95. The molecule has 2 fully saturated rings. The minimum atomic E-state index is -0.580. The summed E-state index contributed by atoms with van der Waals surface area (Å²) in [5, 5.41) is 3.09. The van der Waals surface area contributed by atoms with Crippen LogP contribution in [0.1, 0.15) is 44.9 Å². The van der Waals surface area contributed by atoms with E-state index in [1.165, 1.54) is 19.3 Å². The molecule has 120 valence electrons. The lowest BCUT2D eigenvalue weighted by Gasteiger charge is -2.33. The fourth-order valence-corrected chi connectivity index (χ4v) is 3.09. The van der Waals surface area contributed by atoms with Gasteiger partial charge < -0.3 is 16.0 Å². The van der Waals surface area contributed by atoms with Crippen molar-refractivity contribution in [3.63, 3.8) is 0 Å². The third-order valence-electron chi connectivity index (χ3n) is 4.59. The van der Waals surface area contributed by atoms with E-state index in [1.54, 1.807) is 0 Å². The van der Waals surface area contributed by atoms with E-state index in [9.17, 15) is 4.79 Å². The molecule has 6 heteroatoms. The van der Waals surface area contributed by atoms with Crippen molar-refractivity contribution in [3.05, 3.63) is 0 Å². The molecule has 0 aromatic rings. The molecule has 0 unspecified atom stereocenters. The Morgan fingerprint density at radius 2 is 1.75 bits per heavy atom. The van der Waals surface area contributed by atoms with Gasteiger partial charge in [-0.15, -0.1) is 24.8 Å². The van der Waals surface area contributed by atoms with E-state index in [2.05, 4.69) is 17.3 Å². The molecule has 0 radical (unpaired) electrons. The summed E-state index contributed by atoms with van der Waals surface area (Å²) >= 11 is 0. The third kappa shape index (κ3) is 5.40. The molecule has 1 aliphatic heterocycles. The number of carbonyl (C=O) groups is 1. The van der Waals surface area contributed by atoms with Gasteiger partial charge in [0, 0.05) is 6.54 Å². The molecule has 1 saturated carbocycles. The van der Waals surface area contributed by atoms with Crippen LogP contribution >= 0.6 is 24.8 Å². The van der Waals surface area contributed by atoms with E-state index in [0.717, 1.165) is 45.3 Å².